The summed E-state index contributed by atoms with van der Waals surface area (Å²) in [5, 5.41) is 9.62. The fourth-order valence-corrected chi connectivity index (χ4v) is 5.01. The maximum Gasteiger partial charge on any atom is 0.203 e. The number of aliphatic hydroxyl groups excluding tert-OH is 1. The Bertz CT molecular complexity index is 953. The van der Waals surface area contributed by atoms with Crippen molar-refractivity contribution in [1.82, 2.24) is 0 Å². The van der Waals surface area contributed by atoms with E-state index in [1.807, 2.05) is 18.2 Å². The zero-order chi connectivity index (χ0) is 24.2. The van der Waals surface area contributed by atoms with Crippen LogP contribution in [0.25, 0.3) is 0 Å². The molecule has 0 amide bonds. The van der Waals surface area contributed by atoms with E-state index in [9.17, 15) is 5.11 Å². The Morgan fingerprint density at radius 3 is 1.82 bits per heavy atom. The monoisotopic (exact) mass is 462 g/mol. The summed E-state index contributed by atoms with van der Waals surface area (Å²) >= 11 is 0. The predicted molar refractivity (Wildman–Crippen MR) is 125 cm³/mol. The number of rotatable bonds is 10. The van der Waals surface area contributed by atoms with Crippen molar-refractivity contribution in [3.8, 4) is 34.5 Å². The quantitative estimate of drug-likeness (QED) is 0.544. The lowest BCUT2D eigenvalue weighted by molar-refractivity contribution is -0.935. The molecule has 0 unspecified atom stereocenters. The summed E-state index contributed by atoms with van der Waals surface area (Å²) in [6, 6.07) is 5.90. The molecular weight excluding hydrogens is 426 g/mol. The largest absolute Gasteiger partial charge is 0.493 e. The van der Waals surface area contributed by atoms with Crippen molar-refractivity contribution in [2.45, 2.75) is 18.9 Å². The average Bonchev–Trinajstić information content (AvgIpc) is 2.85. The van der Waals surface area contributed by atoms with Gasteiger partial charge in [0.05, 0.1) is 68.4 Å². The first-order valence-corrected chi connectivity index (χ1v) is 11.0. The topological polar surface area (TPSA) is 75.6 Å². The van der Waals surface area contributed by atoms with Crippen LogP contribution in [0, 0.1) is 0 Å². The maximum absolute atomic E-state index is 9.62. The Balaban J connectivity index is 2.36. The van der Waals surface area contributed by atoms with E-state index in [1.165, 1.54) is 0 Å². The number of methoxy groups -OCH3 is 6. The molecule has 2 atom stereocenters. The summed E-state index contributed by atoms with van der Waals surface area (Å²) in [7, 11) is 11.9. The van der Waals surface area contributed by atoms with E-state index in [0.29, 0.717) is 45.4 Å². The third-order valence-electron chi connectivity index (χ3n) is 6.57. The number of nitrogens with zero attached hydrogens (tertiary/aromatic N) is 1. The normalized spacial score (nSPS) is 19.5. The highest BCUT2D eigenvalue weighted by molar-refractivity contribution is 5.63. The van der Waals surface area contributed by atoms with Crippen LogP contribution in [0.5, 0.6) is 34.5 Å². The van der Waals surface area contributed by atoms with Crippen molar-refractivity contribution >= 4 is 0 Å². The van der Waals surface area contributed by atoms with Crippen LogP contribution in [0.2, 0.25) is 0 Å². The van der Waals surface area contributed by atoms with Crippen LogP contribution < -0.4 is 28.4 Å². The van der Waals surface area contributed by atoms with Crippen LogP contribution in [-0.4, -0.2) is 79.0 Å². The van der Waals surface area contributed by atoms with E-state index in [1.54, 1.807) is 42.7 Å². The predicted octanol–water partition coefficient (Wildman–Crippen LogP) is 3.21. The van der Waals surface area contributed by atoms with Gasteiger partial charge >= 0.3 is 0 Å². The third-order valence-corrected chi connectivity index (χ3v) is 6.57. The van der Waals surface area contributed by atoms with Crippen molar-refractivity contribution in [1.29, 1.82) is 0 Å². The summed E-state index contributed by atoms with van der Waals surface area (Å²) in [4.78, 5) is 0. The first kappa shape index (κ1) is 24.8. The average molecular weight is 463 g/mol. The van der Waals surface area contributed by atoms with E-state index in [0.717, 1.165) is 36.2 Å². The first-order chi connectivity index (χ1) is 15.9. The molecule has 0 saturated carbocycles. The Hall–Kier alpha value is -2.84. The van der Waals surface area contributed by atoms with E-state index in [-0.39, 0.29) is 12.6 Å². The second-order valence-electron chi connectivity index (χ2n) is 8.33. The molecule has 1 heterocycles. The zero-order valence-electron chi connectivity index (χ0n) is 20.7. The molecular formula is C25H36NO7+. The van der Waals surface area contributed by atoms with Gasteiger partial charge in [-0.2, -0.15) is 0 Å². The van der Waals surface area contributed by atoms with Gasteiger partial charge in [-0.25, -0.2) is 0 Å². The van der Waals surface area contributed by atoms with Crippen molar-refractivity contribution in [2.75, 3.05) is 69.4 Å². The molecule has 0 fully saturated rings. The molecule has 0 radical (unpaired) electrons. The highest BCUT2D eigenvalue weighted by Gasteiger charge is 2.44. The molecule has 0 bridgehead atoms. The summed E-state index contributed by atoms with van der Waals surface area (Å²) in [6.07, 6.45) is 1.53. The van der Waals surface area contributed by atoms with Gasteiger partial charge in [-0.05, 0) is 23.8 Å². The van der Waals surface area contributed by atoms with Crippen molar-refractivity contribution in [3.05, 3.63) is 34.9 Å². The molecule has 182 valence electrons. The van der Waals surface area contributed by atoms with Crippen molar-refractivity contribution in [2.24, 2.45) is 0 Å². The molecule has 1 N–H and O–H groups in total. The van der Waals surface area contributed by atoms with Crippen molar-refractivity contribution in [3.63, 3.8) is 0 Å². The molecule has 2 aromatic rings. The zero-order valence-corrected chi connectivity index (χ0v) is 20.7. The number of hydrogen-bond acceptors (Lipinski definition) is 7. The van der Waals surface area contributed by atoms with Crippen LogP contribution in [0.3, 0.4) is 0 Å². The van der Waals surface area contributed by atoms with Gasteiger partial charge in [0.25, 0.3) is 0 Å². The lowest BCUT2D eigenvalue weighted by Gasteiger charge is -2.46. The van der Waals surface area contributed by atoms with Gasteiger partial charge < -0.3 is 38.0 Å². The minimum absolute atomic E-state index is 0.122. The van der Waals surface area contributed by atoms with Gasteiger partial charge in [0, 0.05) is 25.0 Å². The van der Waals surface area contributed by atoms with Gasteiger partial charge in [0.2, 0.25) is 11.5 Å². The van der Waals surface area contributed by atoms with Crippen LogP contribution in [0.1, 0.15) is 29.2 Å². The standard InChI is InChI=1S/C25H36NO7/c1-26(10-8-12-27)11-9-16-13-20(30-4)24(32-6)25(33-7)21(16)22(26)17-14-18(28-2)23(31-5)19(15-17)29-3/h13-15,22,27H,8-12H2,1-7H3/q+1/t22-,26-/m1/s1. The highest BCUT2D eigenvalue weighted by atomic mass is 16.5. The summed E-state index contributed by atoms with van der Waals surface area (Å²) < 4.78 is 34.8. The van der Waals surface area contributed by atoms with Gasteiger partial charge in [-0.15, -0.1) is 0 Å². The van der Waals surface area contributed by atoms with Gasteiger partial charge in [-0.3, -0.25) is 0 Å². The van der Waals surface area contributed by atoms with Crippen LogP contribution >= 0.6 is 0 Å². The minimum atomic E-state index is -0.122. The summed E-state index contributed by atoms with van der Waals surface area (Å²) in [5.74, 6) is 3.58. The smallest absolute Gasteiger partial charge is 0.203 e. The fraction of sp³-hybridized carbons (Fsp3) is 0.520. The van der Waals surface area contributed by atoms with Gasteiger partial charge in [0.15, 0.2) is 23.0 Å². The molecule has 2 aromatic carbocycles. The molecule has 8 nitrogen and oxygen atoms in total. The van der Waals surface area contributed by atoms with E-state index < -0.39 is 0 Å². The molecule has 0 spiro atoms. The van der Waals surface area contributed by atoms with Crippen LogP contribution in [0.4, 0.5) is 0 Å². The molecule has 1 aliphatic heterocycles. The molecule has 0 aliphatic carbocycles. The van der Waals surface area contributed by atoms with E-state index in [2.05, 4.69) is 7.05 Å². The van der Waals surface area contributed by atoms with Crippen molar-refractivity contribution < 1.29 is 38.0 Å². The SMILES string of the molecule is COc1cc([C@@H]2c3c(cc(OC)c(OC)c3OC)CC[N@@+]2(C)CCCO)cc(OC)c1OC. The Kier molecular flexibility index (Phi) is 7.81. The minimum Gasteiger partial charge on any atom is -0.493 e. The molecule has 0 aromatic heterocycles. The number of ether oxygens (including phenoxy) is 6. The number of quaternary nitrogens is 1. The number of likely N-dealkylation sites (N-methyl/N-ethyl adjacent to an activating group) is 1. The second kappa shape index (κ2) is 10.4. The van der Waals surface area contributed by atoms with Crippen LogP contribution in [0.15, 0.2) is 18.2 Å². The van der Waals surface area contributed by atoms with Gasteiger partial charge in [0.1, 0.15) is 6.04 Å². The Labute approximate surface area is 196 Å². The number of benzene rings is 2. The lowest BCUT2D eigenvalue weighted by Crippen LogP contribution is -2.52. The summed E-state index contributed by atoms with van der Waals surface area (Å²) in [6.45, 7) is 1.80. The maximum atomic E-state index is 9.62. The number of hydrogen-bond donors (Lipinski definition) is 1. The Morgan fingerprint density at radius 1 is 0.788 bits per heavy atom. The fourth-order valence-electron chi connectivity index (χ4n) is 5.01. The second-order valence-corrected chi connectivity index (χ2v) is 8.33. The number of fused-ring (bicyclic) bond motifs is 1. The third kappa shape index (κ3) is 4.37. The first-order valence-electron chi connectivity index (χ1n) is 11.0. The van der Waals surface area contributed by atoms with E-state index in [4.69, 9.17) is 28.4 Å². The van der Waals surface area contributed by atoms with Crippen LogP contribution in [-0.2, 0) is 6.42 Å². The molecule has 8 heteroatoms. The molecule has 0 saturated heterocycles. The Morgan fingerprint density at radius 2 is 1.33 bits per heavy atom. The molecule has 3 rings (SSSR count). The number of aliphatic hydroxyl groups is 1. The van der Waals surface area contributed by atoms with E-state index >= 15 is 0 Å². The summed E-state index contributed by atoms with van der Waals surface area (Å²) in [5.41, 5.74) is 3.18. The lowest BCUT2D eigenvalue weighted by atomic mass is 9.84. The molecule has 1 aliphatic rings. The van der Waals surface area contributed by atoms with Gasteiger partial charge in [-0.1, -0.05) is 0 Å². The molecule has 33 heavy (non-hydrogen) atoms. The highest BCUT2D eigenvalue weighted by Crippen LogP contribution is 2.53.